The standard InChI is InChI=1S/C21H23N3OS/c1-15-7-8-17(16(2)13-15)14-20(25)23-9-11-24(12-10-23)21-22-18-5-3-4-6-19(18)26-21/h3-8,13H,9-12,14H2,1-2H3. The molecule has 4 nitrogen and oxygen atoms in total. The number of para-hydroxylation sites is 1. The van der Waals surface area contributed by atoms with E-state index in [9.17, 15) is 4.79 Å². The number of carbonyl (C=O) groups is 1. The second kappa shape index (κ2) is 7.08. The molecule has 134 valence electrons. The fourth-order valence-corrected chi connectivity index (χ4v) is 4.48. The SMILES string of the molecule is Cc1ccc(CC(=O)N2CCN(c3nc4ccccc4s3)CC2)c(C)c1. The number of piperazine rings is 1. The summed E-state index contributed by atoms with van der Waals surface area (Å²) >= 11 is 1.73. The zero-order chi connectivity index (χ0) is 18.1. The maximum Gasteiger partial charge on any atom is 0.227 e. The van der Waals surface area contributed by atoms with Crippen LogP contribution in [-0.2, 0) is 11.2 Å². The van der Waals surface area contributed by atoms with Gasteiger partial charge in [0, 0.05) is 26.2 Å². The summed E-state index contributed by atoms with van der Waals surface area (Å²) in [5.41, 5.74) is 4.63. The average molecular weight is 366 g/mol. The highest BCUT2D eigenvalue weighted by Crippen LogP contribution is 2.29. The molecule has 5 heteroatoms. The van der Waals surface area contributed by atoms with Crippen LogP contribution in [0.2, 0.25) is 0 Å². The summed E-state index contributed by atoms with van der Waals surface area (Å²) in [6.45, 7) is 7.39. The highest BCUT2D eigenvalue weighted by atomic mass is 32.1. The van der Waals surface area contributed by atoms with E-state index in [0.717, 1.165) is 42.4 Å². The maximum atomic E-state index is 12.7. The lowest BCUT2D eigenvalue weighted by Gasteiger charge is -2.34. The van der Waals surface area contributed by atoms with E-state index in [2.05, 4.69) is 49.1 Å². The average Bonchev–Trinajstić information content (AvgIpc) is 3.08. The number of rotatable bonds is 3. The Morgan fingerprint density at radius 2 is 1.85 bits per heavy atom. The normalized spacial score (nSPS) is 14.8. The molecular formula is C21H23N3OS. The second-order valence-corrected chi connectivity index (χ2v) is 7.95. The monoisotopic (exact) mass is 365 g/mol. The third kappa shape index (κ3) is 3.44. The number of anilines is 1. The first kappa shape index (κ1) is 17.0. The zero-order valence-corrected chi connectivity index (χ0v) is 16.1. The van der Waals surface area contributed by atoms with Gasteiger partial charge in [-0.2, -0.15) is 0 Å². The number of hydrogen-bond acceptors (Lipinski definition) is 4. The summed E-state index contributed by atoms with van der Waals surface area (Å²) in [7, 11) is 0. The van der Waals surface area contributed by atoms with Gasteiger partial charge in [-0.25, -0.2) is 4.98 Å². The van der Waals surface area contributed by atoms with Crippen LogP contribution in [0, 0.1) is 13.8 Å². The largest absolute Gasteiger partial charge is 0.345 e. The number of aryl methyl sites for hydroxylation is 2. The summed E-state index contributed by atoms with van der Waals surface area (Å²) in [5, 5.41) is 1.06. The number of nitrogens with zero attached hydrogens (tertiary/aromatic N) is 3. The molecule has 1 aromatic heterocycles. The first-order chi connectivity index (χ1) is 12.6. The Morgan fingerprint density at radius 3 is 2.58 bits per heavy atom. The van der Waals surface area contributed by atoms with Gasteiger partial charge in [0.15, 0.2) is 5.13 Å². The van der Waals surface area contributed by atoms with Crippen LogP contribution in [0.3, 0.4) is 0 Å². The van der Waals surface area contributed by atoms with Crippen LogP contribution in [0.25, 0.3) is 10.2 Å². The van der Waals surface area contributed by atoms with Gasteiger partial charge in [-0.1, -0.05) is 47.2 Å². The van der Waals surface area contributed by atoms with Crippen molar-refractivity contribution in [2.45, 2.75) is 20.3 Å². The smallest absolute Gasteiger partial charge is 0.227 e. The molecule has 0 unspecified atom stereocenters. The van der Waals surface area contributed by atoms with Gasteiger partial charge in [0.25, 0.3) is 0 Å². The van der Waals surface area contributed by atoms with E-state index in [4.69, 9.17) is 4.98 Å². The van der Waals surface area contributed by atoms with E-state index in [1.807, 2.05) is 17.0 Å². The van der Waals surface area contributed by atoms with Crippen LogP contribution < -0.4 is 4.90 Å². The van der Waals surface area contributed by atoms with Gasteiger partial charge in [-0.05, 0) is 37.1 Å². The van der Waals surface area contributed by atoms with Crippen molar-refractivity contribution >= 4 is 32.6 Å². The third-order valence-electron chi connectivity index (χ3n) is 5.03. The van der Waals surface area contributed by atoms with E-state index >= 15 is 0 Å². The Hall–Kier alpha value is -2.40. The van der Waals surface area contributed by atoms with Gasteiger partial charge in [0.2, 0.25) is 5.91 Å². The first-order valence-corrected chi connectivity index (χ1v) is 9.86. The number of fused-ring (bicyclic) bond motifs is 1. The molecule has 0 atom stereocenters. The van der Waals surface area contributed by atoms with Crippen LogP contribution in [0.1, 0.15) is 16.7 Å². The lowest BCUT2D eigenvalue weighted by Crippen LogP contribution is -2.49. The van der Waals surface area contributed by atoms with E-state index in [1.54, 1.807) is 11.3 Å². The Bertz CT molecular complexity index is 908. The Balaban J connectivity index is 1.39. The Labute approximate surface area is 158 Å². The van der Waals surface area contributed by atoms with Crippen molar-refractivity contribution < 1.29 is 4.79 Å². The number of thiazole rings is 1. The molecule has 2 heterocycles. The molecule has 1 aliphatic heterocycles. The van der Waals surface area contributed by atoms with Gasteiger partial charge < -0.3 is 9.80 Å². The van der Waals surface area contributed by atoms with Crippen molar-refractivity contribution in [1.82, 2.24) is 9.88 Å². The fourth-order valence-electron chi connectivity index (χ4n) is 3.46. The highest BCUT2D eigenvalue weighted by Gasteiger charge is 2.23. The minimum atomic E-state index is 0.223. The quantitative estimate of drug-likeness (QED) is 0.708. The third-order valence-corrected chi connectivity index (χ3v) is 6.12. The molecule has 0 spiro atoms. The summed E-state index contributed by atoms with van der Waals surface area (Å²) in [6, 6.07) is 14.6. The molecular weight excluding hydrogens is 342 g/mol. The molecule has 1 saturated heterocycles. The van der Waals surface area contributed by atoms with Crippen molar-refractivity contribution in [3.63, 3.8) is 0 Å². The van der Waals surface area contributed by atoms with Gasteiger partial charge >= 0.3 is 0 Å². The maximum absolute atomic E-state index is 12.7. The van der Waals surface area contributed by atoms with Crippen molar-refractivity contribution in [2.75, 3.05) is 31.1 Å². The van der Waals surface area contributed by atoms with E-state index < -0.39 is 0 Å². The summed E-state index contributed by atoms with van der Waals surface area (Å²) in [4.78, 5) is 21.7. The molecule has 0 saturated carbocycles. The topological polar surface area (TPSA) is 36.4 Å². The Morgan fingerprint density at radius 1 is 1.08 bits per heavy atom. The van der Waals surface area contributed by atoms with Gasteiger partial charge in [-0.15, -0.1) is 0 Å². The Kier molecular flexibility index (Phi) is 4.64. The summed E-state index contributed by atoms with van der Waals surface area (Å²) < 4.78 is 1.22. The first-order valence-electron chi connectivity index (χ1n) is 9.04. The predicted octanol–water partition coefficient (Wildman–Crippen LogP) is 3.80. The molecule has 3 aromatic rings. The highest BCUT2D eigenvalue weighted by molar-refractivity contribution is 7.22. The number of benzene rings is 2. The van der Waals surface area contributed by atoms with Crippen LogP contribution in [-0.4, -0.2) is 42.0 Å². The lowest BCUT2D eigenvalue weighted by atomic mass is 10.0. The van der Waals surface area contributed by atoms with Gasteiger partial charge in [0.1, 0.15) is 0 Å². The van der Waals surface area contributed by atoms with E-state index in [-0.39, 0.29) is 5.91 Å². The minimum Gasteiger partial charge on any atom is -0.345 e. The van der Waals surface area contributed by atoms with Crippen molar-refractivity contribution in [1.29, 1.82) is 0 Å². The molecule has 1 fully saturated rings. The van der Waals surface area contributed by atoms with E-state index in [1.165, 1.54) is 15.8 Å². The van der Waals surface area contributed by atoms with Crippen LogP contribution in [0.15, 0.2) is 42.5 Å². The van der Waals surface area contributed by atoms with Crippen LogP contribution in [0.5, 0.6) is 0 Å². The van der Waals surface area contributed by atoms with Crippen LogP contribution >= 0.6 is 11.3 Å². The molecule has 26 heavy (non-hydrogen) atoms. The molecule has 1 amide bonds. The molecule has 0 radical (unpaired) electrons. The number of aromatic nitrogens is 1. The minimum absolute atomic E-state index is 0.223. The number of hydrogen-bond donors (Lipinski definition) is 0. The molecule has 1 aliphatic rings. The van der Waals surface area contributed by atoms with Gasteiger partial charge in [-0.3, -0.25) is 4.79 Å². The molecule has 4 rings (SSSR count). The second-order valence-electron chi connectivity index (χ2n) is 6.94. The van der Waals surface area contributed by atoms with Gasteiger partial charge in [0.05, 0.1) is 16.6 Å². The number of carbonyl (C=O) groups excluding carboxylic acids is 1. The lowest BCUT2D eigenvalue weighted by molar-refractivity contribution is -0.130. The summed E-state index contributed by atoms with van der Waals surface area (Å²) in [6.07, 6.45) is 0.493. The van der Waals surface area contributed by atoms with Crippen molar-refractivity contribution in [2.24, 2.45) is 0 Å². The fraction of sp³-hybridized carbons (Fsp3) is 0.333. The predicted molar refractivity (Wildman–Crippen MR) is 108 cm³/mol. The molecule has 0 bridgehead atoms. The zero-order valence-electron chi connectivity index (χ0n) is 15.2. The number of amides is 1. The molecule has 0 aliphatic carbocycles. The van der Waals surface area contributed by atoms with Crippen molar-refractivity contribution in [3.05, 3.63) is 59.2 Å². The molecule has 2 aromatic carbocycles. The van der Waals surface area contributed by atoms with E-state index in [0.29, 0.717) is 6.42 Å². The molecule has 0 N–H and O–H groups in total. The summed E-state index contributed by atoms with van der Waals surface area (Å²) in [5.74, 6) is 0.223. The van der Waals surface area contributed by atoms with Crippen LogP contribution in [0.4, 0.5) is 5.13 Å². The van der Waals surface area contributed by atoms with Crippen molar-refractivity contribution in [3.8, 4) is 0 Å².